The van der Waals surface area contributed by atoms with Crippen LogP contribution in [0.2, 0.25) is 0 Å². The Balaban J connectivity index is 1.22. The molecule has 204 valence electrons. The van der Waals surface area contributed by atoms with Gasteiger partial charge in [0.05, 0.1) is 16.6 Å². The highest BCUT2D eigenvalue weighted by Crippen LogP contribution is 2.42. The normalized spacial score (nSPS) is 12.1. The van der Waals surface area contributed by atoms with Gasteiger partial charge in [-0.1, -0.05) is 97.1 Å². The molecular weight excluding hydrogens is 538 g/mol. The Morgan fingerprint density at radius 1 is 0.455 bits per heavy atom. The first-order valence-electron chi connectivity index (χ1n) is 14.8. The Morgan fingerprint density at radius 2 is 1.07 bits per heavy atom. The van der Waals surface area contributed by atoms with Crippen LogP contribution in [-0.2, 0) is 0 Å². The number of aromatic nitrogens is 3. The quantitative estimate of drug-likeness (QED) is 0.215. The molecule has 4 aromatic heterocycles. The molecule has 0 saturated carbocycles. The lowest BCUT2D eigenvalue weighted by atomic mass is 9.98. The van der Waals surface area contributed by atoms with Crippen LogP contribution in [-0.4, -0.2) is 14.4 Å². The van der Waals surface area contributed by atoms with Crippen LogP contribution in [0.15, 0.2) is 144 Å². The minimum absolute atomic E-state index is 0.678. The summed E-state index contributed by atoms with van der Waals surface area (Å²) in [6.45, 7) is 0. The molecule has 0 atom stereocenters. The van der Waals surface area contributed by atoms with Gasteiger partial charge in [-0.2, -0.15) is 0 Å². The van der Waals surface area contributed by atoms with Crippen LogP contribution in [0, 0.1) is 0 Å². The molecule has 4 nitrogen and oxygen atoms in total. The van der Waals surface area contributed by atoms with Crippen LogP contribution in [0.25, 0.3) is 93.9 Å². The largest absolute Gasteiger partial charge is 0.452 e. The van der Waals surface area contributed by atoms with Crippen molar-refractivity contribution in [1.29, 1.82) is 0 Å². The fourth-order valence-electron chi connectivity index (χ4n) is 6.97. The Hall–Kier alpha value is -6.00. The van der Waals surface area contributed by atoms with Crippen molar-refractivity contribution in [1.82, 2.24) is 14.4 Å². The molecular formula is C40H23N3O. The summed E-state index contributed by atoms with van der Waals surface area (Å²) in [5, 5.41) is 6.06. The van der Waals surface area contributed by atoms with E-state index in [4.69, 9.17) is 14.4 Å². The molecule has 0 amide bonds. The molecule has 0 unspecified atom stereocenters. The van der Waals surface area contributed by atoms with E-state index in [9.17, 15) is 0 Å². The summed E-state index contributed by atoms with van der Waals surface area (Å²) in [6.07, 6.45) is 0. The van der Waals surface area contributed by atoms with Gasteiger partial charge in [-0.05, 0) is 53.6 Å². The monoisotopic (exact) mass is 561 g/mol. The average Bonchev–Trinajstić information content (AvgIpc) is 3.75. The van der Waals surface area contributed by atoms with Crippen LogP contribution >= 0.6 is 0 Å². The predicted octanol–water partition coefficient (Wildman–Crippen LogP) is 10.5. The number of para-hydroxylation sites is 3. The Morgan fingerprint density at radius 3 is 1.82 bits per heavy atom. The molecule has 0 N–H and O–H groups in total. The van der Waals surface area contributed by atoms with Gasteiger partial charge in [-0.15, -0.1) is 0 Å². The van der Waals surface area contributed by atoms with Gasteiger partial charge in [0.1, 0.15) is 16.8 Å². The average molecular weight is 562 g/mol. The lowest BCUT2D eigenvalue weighted by Crippen LogP contribution is -1.94. The van der Waals surface area contributed by atoms with Crippen molar-refractivity contribution < 1.29 is 4.42 Å². The van der Waals surface area contributed by atoms with Crippen LogP contribution in [0.4, 0.5) is 0 Å². The van der Waals surface area contributed by atoms with E-state index in [2.05, 4.69) is 108 Å². The van der Waals surface area contributed by atoms with Crippen LogP contribution in [0.5, 0.6) is 0 Å². The first kappa shape index (κ1) is 23.6. The Labute approximate surface area is 251 Å². The van der Waals surface area contributed by atoms with E-state index in [1.807, 2.05) is 36.4 Å². The van der Waals surface area contributed by atoms with Crippen LogP contribution in [0.1, 0.15) is 0 Å². The van der Waals surface area contributed by atoms with E-state index in [0.717, 1.165) is 38.9 Å². The number of nitrogens with zero attached hydrogens (tertiary/aromatic N) is 3. The van der Waals surface area contributed by atoms with E-state index in [0.29, 0.717) is 11.4 Å². The number of hydrogen-bond donors (Lipinski definition) is 0. The second kappa shape index (κ2) is 8.76. The summed E-state index contributed by atoms with van der Waals surface area (Å²) in [5.74, 6) is 0.678. The van der Waals surface area contributed by atoms with E-state index in [1.54, 1.807) is 0 Å². The molecule has 0 spiro atoms. The lowest BCUT2D eigenvalue weighted by molar-refractivity contribution is 0.667. The summed E-state index contributed by atoms with van der Waals surface area (Å²) in [6, 6.07) is 49.0. The molecule has 6 aromatic carbocycles. The van der Waals surface area contributed by atoms with E-state index >= 15 is 0 Å². The minimum atomic E-state index is 0.678. The lowest BCUT2D eigenvalue weighted by Gasteiger charge is -2.09. The van der Waals surface area contributed by atoms with Crippen molar-refractivity contribution >= 4 is 60.2 Å². The van der Waals surface area contributed by atoms with Gasteiger partial charge in [-0.3, -0.25) is 0 Å². The highest BCUT2D eigenvalue weighted by atomic mass is 16.3. The minimum Gasteiger partial charge on any atom is -0.452 e. The molecule has 0 bridgehead atoms. The number of benzene rings is 6. The van der Waals surface area contributed by atoms with Gasteiger partial charge in [0.2, 0.25) is 0 Å². The summed E-state index contributed by atoms with van der Waals surface area (Å²) >= 11 is 0. The molecule has 0 aliphatic carbocycles. The van der Waals surface area contributed by atoms with Gasteiger partial charge >= 0.3 is 0 Å². The Bertz CT molecular complexity index is 2630. The number of hydrogen-bond acceptors (Lipinski definition) is 3. The second-order valence-corrected chi connectivity index (χ2v) is 11.4. The van der Waals surface area contributed by atoms with Crippen molar-refractivity contribution in [2.45, 2.75) is 0 Å². The van der Waals surface area contributed by atoms with Gasteiger partial charge in [0, 0.05) is 38.1 Å². The first-order chi connectivity index (χ1) is 21.8. The molecule has 10 rings (SSSR count). The van der Waals surface area contributed by atoms with Crippen molar-refractivity contribution in [3.63, 3.8) is 0 Å². The topological polar surface area (TPSA) is 43.3 Å². The molecule has 0 aliphatic heterocycles. The van der Waals surface area contributed by atoms with Crippen LogP contribution < -0.4 is 0 Å². The number of rotatable bonds is 3. The first-order valence-corrected chi connectivity index (χ1v) is 14.8. The van der Waals surface area contributed by atoms with E-state index in [1.165, 1.54) is 43.7 Å². The zero-order valence-electron chi connectivity index (χ0n) is 23.5. The molecule has 4 heterocycles. The zero-order valence-corrected chi connectivity index (χ0v) is 23.5. The molecule has 0 saturated heterocycles. The van der Waals surface area contributed by atoms with Crippen molar-refractivity contribution in [3.8, 4) is 33.8 Å². The number of fused-ring (bicyclic) bond motifs is 9. The fourth-order valence-corrected chi connectivity index (χ4v) is 6.97. The summed E-state index contributed by atoms with van der Waals surface area (Å²) in [5.41, 5.74) is 11.2. The van der Waals surface area contributed by atoms with Crippen molar-refractivity contribution in [2.24, 2.45) is 0 Å². The second-order valence-electron chi connectivity index (χ2n) is 11.4. The maximum absolute atomic E-state index is 6.32. The molecule has 44 heavy (non-hydrogen) atoms. The Kier molecular flexibility index (Phi) is 4.69. The molecule has 0 fully saturated rings. The summed E-state index contributed by atoms with van der Waals surface area (Å²) < 4.78 is 8.74. The molecule has 10 aromatic rings. The molecule has 4 heteroatoms. The summed E-state index contributed by atoms with van der Waals surface area (Å²) in [7, 11) is 0. The molecule has 0 aliphatic rings. The van der Waals surface area contributed by atoms with Crippen molar-refractivity contribution in [2.75, 3.05) is 0 Å². The van der Waals surface area contributed by atoms with Crippen molar-refractivity contribution in [3.05, 3.63) is 140 Å². The third-order valence-corrected chi connectivity index (χ3v) is 8.92. The predicted molar refractivity (Wildman–Crippen MR) is 180 cm³/mol. The maximum atomic E-state index is 6.32. The standard InChI is InChI=1S/C40H23N3O/c1-2-11-24(12-3-1)36-39-37(30-17-6-9-20-35(30)44-39)42-40(41-36)26-14-10-13-25(21-26)27-22-31-28-15-4-7-18-33(28)43-34-19-8-5-16-29(34)32(23-27)38(31)43/h1-23H. The zero-order chi connectivity index (χ0) is 28.8. The number of furan rings is 1. The smallest absolute Gasteiger partial charge is 0.180 e. The fraction of sp³-hybridized carbons (Fsp3) is 0. The SMILES string of the molecule is c1ccc(-c2nc(-c3cccc(-c4cc5c6ccccc6n6c7ccccc7c(c4)c56)c3)nc3c2oc2ccccc23)cc1. The van der Waals surface area contributed by atoms with Gasteiger partial charge in [0.25, 0.3) is 0 Å². The van der Waals surface area contributed by atoms with E-state index < -0.39 is 0 Å². The molecule has 0 radical (unpaired) electrons. The highest BCUT2D eigenvalue weighted by Gasteiger charge is 2.20. The summed E-state index contributed by atoms with van der Waals surface area (Å²) in [4.78, 5) is 10.2. The van der Waals surface area contributed by atoms with E-state index in [-0.39, 0.29) is 0 Å². The van der Waals surface area contributed by atoms with Gasteiger partial charge in [-0.25, -0.2) is 9.97 Å². The highest BCUT2D eigenvalue weighted by molar-refractivity contribution is 6.24. The van der Waals surface area contributed by atoms with Gasteiger partial charge < -0.3 is 8.82 Å². The third-order valence-electron chi connectivity index (χ3n) is 8.92. The third kappa shape index (κ3) is 3.22. The van der Waals surface area contributed by atoms with Crippen LogP contribution in [0.3, 0.4) is 0 Å². The van der Waals surface area contributed by atoms with Gasteiger partial charge in [0.15, 0.2) is 11.4 Å². The maximum Gasteiger partial charge on any atom is 0.180 e.